The number of aromatic hydroxyl groups is 3. The van der Waals surface area contributed by atoms with Crippen LogP contribution in [-0.4, -0.2) is 215 Å². The van der Waals surface area contributed by atoms with Crippen LogP contribution >= 0.6 is 46.1 Å². The van der Waals surface area contributed by atoms with Crippen LogP contribution in [0.4, 0.5) is 0 Å². The number of aliphatic carboxylic acids is 1. The molecule has 21 atom stereocenters. The van der Waals surface area contributed by atoms with E-state index in [1.807, 2.05) is 38.1 Å². The molecule has 2 saturated heterocycles. The van der Waals surface area contributed by atoms with Gasteiger partial charge in [0, 0.05) is 75.3 Å². The molecule has 1 aromatic heterocycles. The number of benzene rings is 6. The number of fused-ring (bicyclic) bond motifs is 15. The Balaban J connectivity index is 0.966. The number of aliphatic hydroxyl groups is 7. The summed E-state index contributed by atoms with van der Waals surface area (Å²) in [7, 11) is 1.49. The average molecular weight is 1800 g/mol. The molecule has 8 aliphatic rings. The van der Waals surface area contributed by atoms with Gasteiger partial charge in [0.15, 0.2) is 35.4 Å². The number of carbonyl (C=O) groups is 8. The highest BCUT2D eigenvalue weighted by Crippen LogP contribution is 2.51. The molecule has 8 aliphatic heterocycles. The molecule has 6 aromatic carbocycles. The number of carboxylic acids is 1. The van der Waals surface area contributed by atoms with Crippen molar-refractivity contribution in [2.24, 2.45) is 23.3 Å². The number of carboxylic acid groups (broad SMARTS) is 1. The molecule has 0 aliphatic carbocycles. The van der Waals surface area contributed by atoms with Crippen LogP contribution in [0.5, 0.6) is 46.0 Å². The van der Waals surface area contributed by atoms with Crippen molar-refractivity contribution in [3.05, 3.63) is 175 Å². The van der Waals surface area contributed by atoms with Crippen molar-refractivity contribution in [3.63, 3.8) is 0 Å². The molecule has 11 bridgehead atoms. The molecule has 7 aromatic rings. The summed E-state index contributed by atoms with van der Waals surface area (Å²) < 4.78 is 51.5. The molecule has 9 heterocycles. The largest absolute Gasteiger partial charge is 0.508 e. The van der Waals surface area contributed by atoms with Crippen molar-refractivity contribution < 1.29 is 132 Å². The van der Waals surface area contributed by atoms with E-state index in [9.17, 15) is 70.6 Å². The number of Topliss-reactive ketones (excluding diaryl/α,β-unsaturated/α-hetero) is 2. The van der Waals surface area contributed by atoms with Crippen LogP contribution in [0.15, 0.2) is 127 Å². The normalized spacial score (nSPS) is 28.7. The standard InChI is InChI=1S/C85H93Cl3N8O27S/c1-34(2)18-51(91-5)80(112)95-68-54(101)22-41(25-63(89)104)78(110)93-66-40-23-59(118-57-15-9-38(70(68)105)20-49(57)87)75(122-84-73(108)72(107)76(61(33-97)120-84)123-83-71(106)56(103)28-44(117-83)31-92-32-45-13-17-62(124-45)36-6-11-42(86)12-7-36)60(24-40)119-58-16-10-39(21-50(58)88)74(121-64-30-85(4,90)77(109)35(3)116-64)69-81(113)94-67(82(114)115)48-26-43(98)27-53(100)65(48)47-19-37(8-14-52(47)99)46(29-55(66)102)79(111)96-69/h6-17,19-21,23-24,26-28,34-35,41,46,51,56,61,64,66-74,76-77,83-84,91-92,97-100,103,105-109H,18,22,25,29-33,90H2,1-5H3,(H2,89,104)(H,93,110)(H,94,113)(H,95,112)(H,96,111)(H,114,115)/t35-,41-,46+,51+,56-,61+,64-,66+,67+,68-,69?,70+,71+,72+,73+,74+,76+,77-,83-,84-,85-/m0/s1. The van der Waals surface area contributed by atoms with Gasteiger partial charge in [0.25, 0.3) is 0 Å². The van der Waals surface area contributed by atoms with Crippen LogP contribution in [0, 0.1) is 11.8 Å². The Morgan fingerprint density at radius 2 is 1.39 bits per heavy atom. The van der Waals surface area contributed by atoms with Crippen LogP contribution in [0.1, 0.15) is 123 Å². The smallest absolute Gasteiger partial charge is 0.330 e. The van der Waals surface area contributed by atoms with Crippen molar-refractivity contribution in [1.82, 2.24) is 31.9 Å². The van der Waals surface area contributed by atoms with Crippen molar-refractivity contribution in [2.75, 3.05) is 20.2 Å². The molecule has 662 valence electrons. The van der Waals surface area contributed by atoms with Gasteiger partial charge < -0.3 is 137 Å². The van der Waals surface area contributed by atoms with Gasteiger partial charge in [-0.25, -0.2) is 4.79 Å². The Morgan fingerprint density at radius 1 is 0.710 bits per heavy atom. The summed E-state index contributed by atoms with van der Waals surface area (Å²) in [5.41, 5.74) is 9.49. The van der Waals surface area contributed by atoms with Gasteiger partial charge in [0.1, 0.15) is 101 Å². The Morgan fingerprint density at radius 3 is 2.03 bits per heavy atom. The van der Waals surface area contributed by atoms with Crippen molar-refractivity contribution in [1.29, 1.82) is 0 Å². The van der Waals surface area contributed by atoms with Crippen molar-refractivity contribution in [3.8, 4) is 67.6 Å². The minimum atomic E-state index is -2.30. The second-order valence-corrected chi connectivity index (χ2v) is 34.3. The lowest BCUT2D eigenvalue weighted by atomic mass is 9.84. The average Bonchev–Trinajstić information content (AvgIpc) is 0.767. The highest BCUT2D eigenvalue weighted by molar-refractivity contribution is 7.15. The van der Waals surface area contributed by atoms with E-state index in [-0.39, 0.29) is 58.5 Å². The molecule has 35 nitrogen and oxygen atoms in total. The van der Waals surface area contributed by atoms with E-state index in [4.69, 9.17) is 84.2 Å². The first-order valence-corrected chi connectivity index (χ1v) is 41.5. The number of rotatable bonds is 20. The first kappa shape index (κ1) is 91.5. The molecule has 124 heavy (non-hydrogen) atoms. The zero-order chi connectivity index (χ0) is 89.4. The van der Waals surface area contributed by atoms with Gasteiger partial charge >= 0.3 is 5.97 Å². The number of carbonyl (C=O) groups excluding carboxylic acids is 7. The van der Waals surface area contributed by atoms with Crippen LogP contribution < -0.4 is 57.6 Å². The quantitative estimate of drug-likeness (QED) is 0.0464. The highest BCUT2D eigenvalue weighted by atomic mass is 35.5. The number of thiophene rings is 1. The predicted molar refractivity (Wildman–Crippen MR) is 442 cm³/mol. The maximum absolute atomic E-state index is 16.6. The SMILES string of the molecule is CN[C@H](CC(C)C)C(=O)N[C@H]1C(=O)C[C@@H](CC(N)=O)C(=O)N[C@H]2C(=O)C[C@H]3C(=O)NC(C(=O)N[C@@H](C(=O)O)c4cc(O)cc(O)c4-c4cc3ccc4O)[C@H](O[C@H]3C[C@](C)(N)[C@@H](O)[C@H](C)O3)c3ccc(c(Cl)c3)Oc3cc2cc(c3O[C@@H]2O[C@H](CO)[C@@H](O[C@@H]3OC(CNCc4ccc(-c5ccc(Cl)cc5)s4)=C[C@H](O)[C@H]3O)[C@H](O)[C@H]2O)Oc2ccc(cc2Cl)[C@H]1O. The molecule has 0 spiro atoms. The van der Waals surface area contributed by atoms with Gasteiger partial charge in [0.05, 0.1) is 53.3 Å². The number of halogens is 3. The fraction of sp³-hybridized carbons (Fsp3) is 0.412. The molecule has 39 heteroatoms. The molecular weight excluding hydrogens is 1700 g/mol. The first-order valence-electron chi connectivity index (χ1n) is 39.5. The van der Waals surface area contributed by atoms with E-state index >= 15 is 24.0 Å². The van der Waals surface area contributed by atoms with Gasteiger partial charge in [0.2, 0.25) is 47.9 Å². The van der Waals surface area contributed by atoms with E-state index < -0.39 is 268 Å². The summed E-state index contributed by atoms with van der Waals surface area (Å²) in [6.45, 7) is 5.83. The number of phenols is 3. The molecule has 5 amide bonds. The number of primary amides is 1. The third kappa shape index (κ3) is 20.2. The van der Waals surface area contributed by atoms with Crippen LogP contribution in [0.25, 0.3) is 21.6 Å². The number of nitrogens with one attached hydrogen (secondary N) is 6. The number of nitrogens with two attached hydrogens (primary N) is 2. The lowest BCUT2D eigenvalue weighted by Crippen LogP contribution is -2.62. The number of ether oxygens (including phenoxy) is 8. The second kappa shape index (κ2) is 38.3. The molecule has 2 fully saturated rings. The summed E-state index contributed by atoms with van der Waals surface area (Å²) in [6.07, 6.45) is -25.6. The second-order valence-electron chi connectivity index (χ2n) is 31.9. The minimum Gasteiger partial charge on any atom is -0.508 e. The Labute approximate surface area is 727 Å². The summed E-state index contributed by atoms with van der Waals surface area (Å²) in [5, 5.41) is 144. The molecule has 0 radical (unpaired) electrons. The lowest BCUT2D eigenvalue weighted by Gasteiger charge is -2.44. The first-order chi connectivity index (χ1) is 58.8. The topological polar surface area (TPSA) is 557 Å². The Hall–Kier alpha value is -10.2. The van der Waals surface area contributed by atoms with Gasteiger partial charge in [-0.1, -0.05) is 79.0 Å². The summed E-state index contributed by atoms with van der Waals surface area (Å²) in [6, 6.07) is 15.7. The zero-order valence-electron chi connectivity index (χ0n) is 67.0. The molecular formula is C85H93Cl3N8O27S. The van der Waals surface area contributed by atoms with Gasteiger partial charge in [-0.3, -0.25) is 33.6 Å². The zero-order valence-corrected chi connectivity index (χ0v) is 70.1. The molecule has 1 unspecified atom stereocenters. The van der Waals surface area contributed by atoms with Gasteiger partial charge in [-0.05, 0) is 146 Å². The number of likely N-dealkylation sites (N-methyl/N-ethyl adjacent to an activating group) is 1. The Kier molecular flexibility index (Phi) is 28.3. The lowest BCUT2D eigenvalue weighted by molar-refractivity contribution is -0.321. The third-order valence-corrected chi connectivity index (χ3v) is 24.2. The van der Waals surface area contributed by atoms with Crippen LogP contribution in [0.3, 0.4) is 0 Å². The highest BCUT2D eigenvalue weighted by Gasteiger charge is 2.52. The fourth-order valence-electron chi connectivity index (χ4n) is 15.8. The van der Waals surface area contributed by atoms with Crippen LogP contribution in [-0.2, 0) is 68.6 Å². The van der Waals surface area contributed by atoms with Crippen LogP contribution in [0.2, 0.25) is 15.1 Å². The minimum absolute atomic E-state index is 0.0337. The maximum atomic E-state index is 16.6. The number of phenolic OH excluding ortho intramolecular Hbond substituents is 3. The summed E-state index contributed by atoms with van der Waals surface area (Å²) in [5.74, 6) is -19.1. The number of hydrogen-bond donors (Lipinski definition) is 19. The van der Waals surface area contributed by atoms with E-state index in [1.54, 1.807) is 12.1 Å². The fourth-order valence-corrected chi connectivity index (χ4v) is 17.4. The van der Waals surface area contributed by atoms with Crippen molar-refractivity contribution >= 4 is 93.2 Å². The van der Waals surface area contributed by atoms with E-state index in [0.717, 1.165) is 63.8 Å². The molecule has 15 rings (SSSR count). The maximum Gasteiger partial charge on any atom is 0.330 e. The molecule has 0 saturated carbocycles. The monoisotopic (exact) mass is 1790 g/mol. The summed E-state index contributed by atoms with van der Waals surface area (Å²) >= 11 is 22.2. The van der Waals surface area contributed by atoms with Crippen molar-refractivity contribution in [2.45, 2.75) is 188 Å². The number of hydrogen-bond acceptors (Lipinski definition) is 30. The Bertz CT molecular complexity index is 5250. The third-order valence-electron chi connectivity index (χ3n) is 22.3. The van der Waals surface area contributed by atoms with E-state index in [2.05, 4.69) is 31.9 Å². The summed E-state index contributed by atoms with van der Waals surface area (Å²) in [4.78, 5) is 123. The number of amides is 5. The van der Waals surface area contributed by atoms with E-state index in [1.165, 1.54) is 68.6 Å². The molecule has 21 N–H and O–H groups in total. The van der Waals surface area contributed by atoms with Gasteiger partial charge in [-0.2, -0.15) is 0 Å². The van der Waals surface area contributed by atoms with E-state index in [0.29, 0.717) is 11.6 Å². The predicted octanol–water partition coefficient (Wildman–Crippen LogP) is 5.24. The number of aliphatic hydroxyl groups excluding tert-OH is 7. The van der Waals surface area contributed by atoms with Gasteiger partial charge in [-0.15, -0.1) is 11.3 Å². The number of ketones is 2.